The van der Waals surface area contributed by atoms with Crippen LogP contribution in [0.5, 0.6) is 5.75 Å². The molecule has 0 saturated carbocycles. The van der Waals surface area contributed by atoms with Crippen molar-refractivity contribution in [2.24, 2.45) is 0 Å². The molecule has 0 radical (unpaired) electrons. The average Bonchev–Trinajstić information content (AvgIpc) is 3.01. The van der Waals surface area contributed by atoms with Gasteiger partial charge in [-0.25, -0.2) is 0 Å². The molecule has 134 valence electrons. The molecule has 1 aromatic heterocycles. The van der Waals surface area contributed by atoms with Crippen LogP contribution in [0.4, 0.5) is 5.69 Å². The number of rotatable bonds is 4. The molecule has 3 aromatic rings. The van der Waals surface area contributed by atoms with E-state index in [0.717, 1.165) is 35.1 Å². The van der Waals surface area contributed by atoms with Crippen molar-refractivity contribution in [1.29, 1.82) is 0 Å². The van der Waals surface area contributed by atoms with E-state index in [4.69, 9.17) is 20.8 Å². The number of ether oxygens (including phenoxy) is 1. The van der Waals surface area contributed by atoms with Crippen LogP contribution in [-0.4, -0.2) is 12.5 Å². The second-order valence-electron chi connectivity index (χ2n) is 6.67. The molecule has 0 aliphatic heterocycles. The zero-order chi connectivity index (χ0) is 18.1. The number of aryl methyl sites for hydroxylation is 3. The number of benzene rings is 2. The molecule has 26 heavy (non-hydrogen) atoms. The van der Waals surface area contributed by atoms with Crippen LogP contribution >= 0.6 is 11.6 Å². The number of anilines is 1. The van der Waals surface area contributed by atoms with Gasteiger partial charge in [0, 0.05) is 28.1 Å². The molecular formula is C21H20ClNO3. The topological polar surface area (TPSA) is 51.5 Å². The van der Waals surface area contributed by atoms with Crippen LogP contribution in [0.25, 0.3) is 11.0 Å². The van der Waals surface area contributed by atoms with Gasteiger partial charge in [0.05, 0.1) is 0 Å². The molecular weight excluding hydrogens is 350 g/mol. The van der Waals surface area contributed by atoms with Crippen molar-refractivity contribution in [3.05, 3.63) is 58.3 Å². The summed E-state index contributed by atoms with van der Waals surface area (Å²) in [4.78, 5) is 12.1. The minimum atomic E-state index is -0.223. The van der Waals surface area contributed by atoms with Crippen molar-refractivity contribution < 1.29 is 13.9 Å². The fourth-order valence-electron chi connectivity index (χ4n) is 3.35. The first-order valence-corrected chi connectivity index (χ1v) is 9.21. The monoisotopic (exact) mass is 369 g/mol. The number of hydrogen-bond acceptors (Lipinski definition) is 3. The zero-order valence-corrected chi connectivity index (χ0v) is 15.4. The highest BCUT2D eigenvalue weighted by Crippen LogP contribution is 2.33. The Morgan fingerprint density at radius 3 is 2.88 bits per heavy atom. The largest absolute Gasteiger partial charge is 0.484 e. The second kappa shape index (κ2) is 7.04. The summed E-state index contributed by atoms with van der Waals surface area (Å²) in [5, 5.41) is 4.52. The molecule has 4 nitrogen and oxygen atoms in total. The molecule has 1 aliphatic rings. The number of halogens is 1. The minimum absolute atomic E-state index is 0.0585. The SMILES string of the molecule is Cc1ccc(NC(=O)COc2ccc3oc4c(c3c2)CCCC4)cc1Cl. The lowest BCUT2D eigenvalue weighted by Crippen LogP contribution is -2.20. The van der Waals surface area contributed by atoms with Crippen molar-refractivity contribution in [1.82, 2.24) is 0 Å². The quantitative estimate of drug-likeness (QED) is 0.679. The van der Waals surface area contributed by atoms with Gasteiger partial charge in [0.1, 0.15) is 17.1 Å². The summed E-state index contributed by atoms with van der Waals surface area (Å²) in [6.07, 6.45) is 4.41. The van der Waals surface area contributed by atoms with Crippen molar-refractivity contribution in [2.75, 3.05) is 11.9 Å². The number of nitrogens with one attached hydrogen (secondary N) is 1. The summed E-state index contributed by atoms with van der Waals surface area (Å²) in [7, 11) is 0. The Morgan fingerprint density at radius 1 is 1.19 bits per heavy atom. The number of amides is 1. The highest BCUT2D eigenvalue weighted by atomic mass is 35.5. The third-order valence-electron chi connectivity index (χ3n) is 4.75. The van der Waals surface area contributed by atoms with Crippen LogP contribution in [0.1, 0.15) is 29.7 Å². The Hall–Kier alpha value is -2.46. The number of hydrogen-bond donors (Lipinski definition) is 1. The third kappa shape index (κ3) is 3.42. The Kier molecular flexibility index (Phi) is 4.60. The number of carbonyl (C=O) groups excluding carboxylic acids is 1. The van der Waals surface area contributed by atoms with Crippen molar-refractivity contribution in [3.8, 4) is 5.75 Å². The first kappa shape index (κ1) is 17.0. The van der Waals surface area contributed by atoms with Crippen molar-refractivity contribution >= 4 is 34.2 Å². The van der Waals surface area contributed by atoms with Crippen molar-refractivity contribution in [2.45, 2.75) is 32.6 Å². The van der Waals surface area contributed by atoms with E-state index in [-0.39, 0.29) is 12.5 Å². The Morgan fingerprint density at radius 2 is 2.04 bits per heavy atom. The lowest BCUT2D eigenvalue weighted by molar-refractivity contribution is -0.118. The zero-order valence-electron chi connectivity index (χ0n) is 14.6. The molecule has 5 heteroatoms. The van der Waals surface area contributed by atoms with Crippen LogP contribution in [0.3, 0.4) is 0 Å². The van der Waals surface area contributed by atoms with Gasteiger partial charge in [-0.2, -0.15) is 0 Å². The molecule has 0 spiro atoms. The molecule has 1 N–H and O–H groups in total. The number of furan rings is 1. The predicted molar refractivity (Wildman–Crippen MR) is 103 cm³/mol. The summed E-state index contributed by atoms with van der Waals surface area (Å²) in [6, 6.07) is 11.2. The summed E-state index contributed by atoms with van der Waals surface area (Å²) >= 11 is 6.08. The standard InChI is InChI=1S/C21H20ClNO3/c1-13-6-7-14(10-18(13)22)23-21(24)12-25-15-8-9-20-17(11-15)16-4-2-3-5-19(16)26-20/h6-11H,2-5,12H2,1H3,(H,23,24). The molecule has 0 bridgehead atoms. The van der Waals surface area contributed by atoms with E-state index in [2.05, 4.69) is 5.32 Å². The van der Waals surface area contributed by atoms with Crippen LogP contribution in [0.2, 0.25) is 5.02 Å². The fourth-order valence-corrected chi connectivity index (χ4v) is 3.53. The molecule has 1 heterocycles. The lowest BCUT2D eigenvalue weighted by Gasteiger charge is -2.10. The van der Waals surface area contributed by atoms with Gasteiger partial charge in [-0.1, -0.05) is 17.7 Å². The summed E-state index contributed by atoms with van der Waals surface area (Å²) < 4.78 is 11.6. The Bertz CT molecular complexity index is 977. The van der Waals surface area contributed by atoms with Gasteiger partial charge in [0.25, 0.3) is 5.91 Å². The molecule has 0 saturated heterocycles. The molecule has 0 unspecified atom stereocenters. The Balaban J connectivity index is 1.43. The van der Waals surface area contributed by atoms with Crippen LogP contribution in [0.15, 0.2) is 40.8 Å². The van der Waals surface area contributed by atoms with Crippen molar-refractivity contribution in [3.63, 3.8) is 0 Å². The summed E-state index contributed by atoms with van der Waals surface area (Å²) in [5.41, 5.74) is 3.81. The van der Waals surface area contributed by atoms with E-state index in [9.17, 15) is 4.79 Å². The number of fused-ring (bicyclic) bond motifs is 3. The maximum absolute atomic E-state index is 12.1. The summed E-state index contributed by atoms with van der Waals surface area (Å²) in [6.45, 7) is 1.86. The normalized spacial score (nSPS) is 13.5. The van der Waals surface area contributed by atoms with Crippen LogP contribution in [-0.2, 0) is 17.6 Å². The van der Waals surface area contributed by atoms with Gasteiger partial charge in [-0.15, -0.1) is 0 Å². The lowest BCUT2D eigenvalue weighted by atomic mass is 9.96. The van der Waals surface area contributed by atoms with E-state index in [1.54, 1.807) is 6.07 Å². The molecule has 0 atom stereocenters. The van der Waals surface area contributed by atoms with Crippen LogP contribution < -0.4 is 10.1 Å². The van der Waals surface area contributed by atoms with E-state index >= 15 is 0 Å². The average molecular weight is 370 g/mol. The van der Waals surface area contributed by atoms with Gasteiger partial charge >= 0.3 is 0 Å². The van der Waals surface area contributed by atoms with Gasteiger partial charge < -0.3 is 14.5 Å². The highest BCUT2D eigenvalue weighted by molar-refractivity contribution is 6.31. The van der Waals surface area contributed by atoms with Gasteiger partial charge in [0.2, 0.25) is 0 Å². The molecule has 1 aliphatic carbocycles. The first-order valence-electron chi connectivity index (χ1n) is 8.83. The third-order valence-corrected chi connectivity index (χ3v) is 5.16. The second-order valence-corrected chi connectivity index (χ2v) is 7.08. The highest BCUT2D eigenvalue weighted by Gasteiger charge is 2.18. The molecule has 2 aromatic carbocycles. The molecule has 4 rings (SSSR count). The predicted octanol–water partition coefficient (Wildman–Crippen LogP) is 5.29. The first-order chi connectivity index (χ1) is 12.6. The van der Waals surface area contributed by atoms with Gasteiger partial charge in [-0.05, 0) is 62.1 Å². The summed E-state index contributed by atoms with van der Waals surface area (Å²) in [5.74, 6) is 1.54. The van der Waals surface area contributed by atoms with Gasteiger partial charge in [0.15, 0.2) is 6.61 Å². The Labute approximate surface area is 157 Å². The smallest absolute Gasteiger partial charge is 0.262 e. The van der Waals surface area contributed by atoms with Gasteiger partial charge in [-0.3, -0.25) is 4.79 Å². The fraction of sp³-hybridized carbons (Fsp3) is 0.286. The van der Waals surface area contributed by atoms with Crippen LogP contribution in [0, 0.1) is 6.92 Å². The molecule has 1 amide bonds. The van der Waals surface area contributed by atoms with E-state index in [1.807, 2.05) is 37.3 Å². The molecule has 0 fully saturated rings. The maximum atomic E-state index is 12.1. The van der Waals surface area contributed by atoms with E-state index < -0.39 is 0 Å². The minimum Gasteiger partial charge on any atom is -0.484 e. The number of carbonyl (C=O) groups is 1. The van der Waals surface area contributed by atoms with E-state index in [0.29, 0.717) is 16.5 Å². The van der Waals surface area contributed by atoms with E-state index in [1.165, 1.54) is 18.4 Å². The maximum Gasteiger partial charge on any atom is 0.262 e.